The number of aromatic nitrogens is 2. The van der Waals surface area contributed by atoms with Crippen LogP contribution in [0.2, 0.25) is 0 Å². The van der Waals surface area contributed by atoms with Crippen LogP contribution in [0, 0.1) is 0 Å². The highest BCUT2D eigenvalue weighted by molar-refractivity contribution is 6.04. The van der Waals surface area contributed by atoms with Crippen LogP contribution in [-0.2, 0) is 11.8 Å². The molecule has 5 nitrogen and oxygen atoms in total. The van der Waals surface area contributed by atoms with Gasteiger partial charge in [-0.3, -0.25) is 4.79 Å². The maximum absolute atomic E-state index is 11.2. The molecule has 0 spiro atoms. The summed E-state index contributed by atoms with van der Waals surface area (Å²) in [6, 6.07) is 0. The van der Waals surface area contributed by atoms with Crippen molar-refractivity contribution in [3.05, 3.63) is 12.4 Å². The van der Waals surface area contributed by atoms with Gasteiger partial charge in [0, 0.05) is 25.7 Å². The van der Waals surface area contributed by atoms with E-state index in [4.69, 9.17) is 0 Å². The predicted molar refractivity (Wildman–Crippen MR) is 43.8 cm³/mol. The van der Waals surface area contributed by atoms with Gasteiger partial charge in [-0.2, -0.15) is 10.1 Å². The molecule has 1 aromatic heterocycles. The van der Waals surface area contributed by atoms with Crippen LogP contribution in [0.1, 0.15) is 6.42 Å². The highest BCUT2D eigenvalue weighted by Crippen LogP contribution is 2.14. The minimum atomic E-state index is -0.0377. The van der Waals surface area contributed by atoms with E-state index in [0.29, 0.717) is 12.4 Å². The highest BCUT2D eigenvalue weighted by Gasteiger charge is 2.21. The van der Waals surface area contributed by atoms with Gasteiger partial charge in [-0.15, -0.1) is 0 Å². The minimum Gasteiger partial charge on any atom is -0.319 e. The Hall–Kier alpha value is -1.65. The fourth-order valence-corrected chi connectivity index (χ4v) is 1.08. The van der Waals surface area contributed by atoms with E-state index >= 15 is 0 Å². The molecule has 0 unspecified atom stereocenters. The van der Waals surface area contributed by atoms with Gasteiger partial charge in [-0.25, -0.2) is 4.98 Å². The van der Waals surface area contributed by atoms with Crippen molar-refractivity contribution in [1.82, 2.24) is 9.55 Å². The van der Waals surface area contributed by atoms with Crippen molar-refractivity contribution in [2.75, 3.05) is 5.01 Å². The van der Waals surface area contributed by atoms with E-state index in [9.17, 15) is 4.79 Å². The Morgan fingerprint density at radius 1 is 1.58 bits per heavy atom. The van der Waals surface area contributed by atoms with Gasteiger partial charge in [0.25, 0.3) is 5.91 Å². The third-order valence-corrected chi connectivity index (χ3v) is 1.68. The van der Waals surface area contributed by atoms with E-state index in [1.165, 1.54) is 5.01 Å². The predicted octanol–water partition coefficient (Wildman–Crippen LogP) is 0.143. The van der Waals surface area contributed by atoms with Gasteiger partial charge >= 0.3 is 0 Å². The standard InChI is InChI=1S/C7H8N4O/c1-10-5-4-8-7(10)11-6(12)2-3-9-11/h3-5H,2H2,1H3. The van der Waals surface area contributed by atoms with Crippen LogP contribution in [0.3, 0.4) is 0 Å². The monoisotopic (exact) mass is 164 g/mol. The molecule has 2 rings (SSSR count). The second-order valence-corrected chi connectivity index (χ2v) is 2.55. The Kier molecular flexibility index (Phi) is 1.43. The van der Waals surface area contributed by atoms with Crippen molar-refractivity contribution >= 4 is 18.1 Å². The van der Waals surface area contributed by atoms with Crippen LogP contribution in [0.4, 0.5) is 5.95 Å². The second kappa shape index (κ2) is 2.44. The molecule has 0 saturated carbocycles. The number of amides is 1. The third-order valence-electron chi connectivity index (χ3n) is 1.68. The summed E-state index contributed by atoms with van der Waals surface area (Å²) in [5.41, 5.74) is 0. The molecular weight excluding hydrogens is 156 g/mol. The minimum absolute atomic E-state index is 0.0377. The first-order chi connectivity index (χ1) is 5.79. The molecule has 2 heterocycles. The lowest BCUT2D eigenvalue weighted by molar-refractivity contribution is -0.117. The zero-order chi connectivity index (χ0) is 8.55. The Morgan fingerprint density at radius 3 is 2.92 bits per heavy atom. The number of nitrogens with zero attached hydrogens (tertiary/aromatic N) is 4. The molecule has 5 heteroatoms. The number of anilines is 1. The maximum atomic E-state index is 11.2. The Morgan fingerprint density at radius 2 is 2.42 bits per heavy atom. The lowest BCUT2D eigenvalue weighted by Crippen LogP contribution is -2.22. The van der Waals surface area contributed by atoms with Crippen LogP contribution in [0.25, 0.3) is 0 Å². The van der Waals surface area contributed by atoms with E-state index in [1.807, 2.05) is 7.05 Å². The van der Waals surface area contributed by atoms with Crippen molar-refractivity contribution in [3.63, 3.8) is 0 Å². The largest absolute Gasteiger partial charge is 0.319 e. The number of rotatable bonds is 1. The van der Waals surface area contributed by atoms with Gasteiger partial charge in [0.15, 0.2) is 0 Å². The molecule has 12 heavy (non-hydrogen) atoms. The summed E-state index contributed by atoms with van der Waals surface area (Å²) in [4.78, 5) is 15.2. The van der Waals surface area contributed by atoms with Gasteiger partial charge in [-0.05, 0) is 0 Å². The number of carbonyl (C=O) groups excluding carboxylic acids is 1. The lowest BCUT2D eigenvalue weighted by Gasteiger charge is -2.09. The number of carbonyl (C=O) groups is 1. The summed E-state index contributed by atoms with van der Waals surface area (Å²) >= 11 is 0. The topological polar surface area (TPSA) is 50.5 Å². The number of aryl methyl sites for hydroxylation is 1. The highest BCUT2D eigenvalue weighted by atomic mass is 16.2. The first-order valence-corrected chi connectivity index (χ1v) is 3.62. The second-order valence-electron chi connectivity index (χ2n) is 2.55. The van der Waals surface area contributed by atoms with E-state index in [-0.39, 0.29) is 5.91 Å². The molecule has 0 radical (unpaired) electrons. The van der Waals surface area contributed by atoms with Gasteiger partial charge in [-0.1, -0.05) is 0 Å². The molecule has 0 aliphatic carbocycles. The Balaban J connectivity index is 2.36. The first-order valence-electron chi connectivity index (χ1n) is 3.62. The van der Waals surface area contributed by atoms with Crippen LogP contribution >= 0.6 is 0 Å². The molecule has 0 N–H and O–H groups in total. The average molecular weight is 164 g/mol. The maximum Gasteiger partial charge on any atom is 0.255 e. The molecule has 0 fully saturated rings. The smallest absolute Gasteiger partial charge is 0.255 e. The Labute approximate surface area is 69.3 Å². The first kappa shape index (κ1) is 7.02. The fourth-order valence-electron chi connectivity index (χ4n) is 1.08. The number of hydrogen-bond acceptors (Lipinski definition) is 3. The Bertz CT molecular complexity index is 341. The number of imidazole rings is 1. The zero-order valence-corrected chi connectivity index (χ0v) is 6.64. The molecule has 62 valence electrons. The average Bonchev–Trinajstić information content (AvgIpc) is 2.59. The van der Waals surface area contributed by atoms with Gasteiger partial charge in [0.1, 0.15) is 0 Å². The summed E-state index contributed by atoms with van der Waals surface area (Å²) in [5.74, 6) is 0.526. The third kappa shape index (κ3) is 0.903. The quantitative estimate of drug-likeness (QED) is 0.593. The van der Waals surface area contributed by atoms with E-state index in [2.05, 4.69) is 10.1 Å². The van der Waals surface area contributed by atoms with Gasteiger partial charge in [0.05, 0.1) is 6.42 Å². The zero-order valence-electron chi connectivity index (χ0n) is 6.64. The summed E-state index contributed by atoms with van der Waals surface area (Å²) < 4.78 is 1.75. The SMILES string of the molecule is Cn1ccnc1N1N=CCC1=O. The summed E-state index contributed by atoms with van der Waals surface area (Å²) in [5, 5.41) is 5.20. The lowest BCUT2D eigenvalue weighted by atomic mass is 10.5. The fraction of sp³-hybridized carbons (Fsp3) is 0.286. The van der Waals surface area contributed by atoms with Crippen LogP contribution in [0.5, 0.6) is 0 Å². The van der Waals surface area contributed by atoms with Gasteiger partial charge < -0.3 is 4.57 Å². The number of hydrazone groups is 1. The molecule has 1 aliphatic rings. The molecule has 1 aromatic rings. The summed E-state index contributed by atoms with van der Waals surface area (Å²) in [7, 11) is 1.82. The van der Waals surface area contributed by atoms with Crippen LogP contribution < -0.4 is 5.01 Å². The van der Waals surface area contributed by atoms with Crippen LogP contribution in [-0.4, -0.2) is 21.7 Å². The molecule has 0 bridgehead atoms. The molecule has 1 aliphatic heterocycles. The molecule has 0 saturated heterocycles. The van der Waals surface area contributed by atoms with E-state index in [0.717, 1.165) is 0 Å². The molecule has 0 atom stereocenters. The molecular formula is C7H8N4O. The van der Waals surface area contributed by atoms with Crippen LogP contribution in [0.15, 0.2) is 17.5 Å². The van der Waals surface area contributed by atoms with Crippen molar-refractivity contribution in [2.45, 2.75) is 6.42 Å². The van der Waals surface area contributed by atoms with Crippen molar-refractivity contribution in [2.24, 2.45) is 12.1 Å². The van der Waals surface area contributed by atoms with E-state index in [1.54, 1.807) is 23.2 Å². The van der Waals surface area contributed by atoms with E-state index < -0.39 is 0 Å². The normalized spacial score (nSPS) is 16.1. The van der Waals surface area contributed by atoms with Gasteiger partial charge in [0.2, 0.25) is 5.95 Å². The van der Waals surface area contributed by atoms with Crippen molar-refractivity contribution < 1.29 is 4.79 Å². The molecule has 0 aromatic carbocycles. The van der Waals surface area contributed by atoms with Crippen molar-refractivity contribution in [1.29, 1.82) is 0 Å². The number of hydrogen-bond donors (Lipinski definition) is 0. The summed E-state index contributed by atoms with van der Waals surface area (Å²) in [6.45, 7) is 0. The molecule has 1 amide bonds. The summed E-state index contributed by atoms with van der Waals surface area (Å²) in [6.07, 6.45) is 5.36. The van der Waals surface area contributed by atoms with Crippen molar-refractivity contribution in [3.8, 4) is 0 Å².